The molecule has 0 unspecified atom stereocenters. The van der Waals surface area contributed by atoms with Crippen LogP contribution in [0.15, 0.2) is 84.4 Å². The van der Waals surface area contributed by atoms with Crippen LogP contribution in [0.1, 0.15) is 29.5 Å². The van der Waals surface area contributed by atoms with Crippen LogP contribution in [0, 0.1) is 0 Å². The predicted octanol–water partition coefficient (Wildman–Crippen LogP) is 5.50. The van der Waals surface area contributed by atoms with Crippen molar-refractivity contribution in [2.75, 3.05) is 33.3 Å². The van der Waals surface area contributed by atoms with E-state index in [1.54, 1.807) is 0 Å². The lowest BCUT2D eigenvalue weighted by Crippen LogP contribution is -2.36. The number of nitrogens with zero attached hydrogens (tertiary/aromatic N) is 1. The average Bonchev–Trinajstić information content (AvgIpc) is 2.96. The molecule has 4 rings (SSSR count). The summed E-state index contributed by atoms with van der Waals surface area (Å²) < 4.78 is 5.80. The first kappa shape index (κ1) is 29.0. The van der Waals surface area contributed by atoms with Gasteiger partial charge >= 0.3 is 0 Å². The number of hydrogen-bond acceptors (Lipinski definition) is 4. The zero-order valence-electron chi connectivity index (χ0n) is 21.7. The normalized spacial score (nSPS) is 12.8. The fourth-order valence-electron chi connectivity index (χ4n) is 4.37. The van der Waals surface area contributed by atoms with E-state index in [0.717, 1.165) is 54.7 Å². The third-order valence-corrected chi connectivity index (χ3v) is 6.72. The van der Waals surface area contributed by atoms with Crippen LogP contribution in [-0.4, -0.2) is 55.7 Å². The summed E-state index contributed by atoms with van der Waals surface area (Å²) in [6.45, 7) is 2.58. The number of likely N-dealkylation sites (N-methyl/N-ethyl adjacent to an activating group) is 1. The van der Waals surface area contributed by atoms with Gasteiger partial charge in [-0.2, -0.15) is 0 Å². The number of halogens is 1. The van der Waals surface area contributed by atoms with Gasteiger partial charge in [-0.25, -0.2) is 0 Å². The zero-order chi connectivity index (χ0) is 27.2. The Kier molecular flexibility index (Phi) is 11.9. The summed E-state index contributed by atoms with van der Waals surface area (Å²) in [6.07, 6.45) is 3.55. The van der Waals surface area contributed by atoms with Crippen molar-refractivity contribution in [2.24, 2.45) is 0 Å². The maximum atomic E-state index is 13.3. The van der Waals surface area contributed by atoms with Gasteiger partial charge in [-0.3, -0.25) is 9.59 Å². The summed E-state index contributed by atoms with van der Waals surface area (Å²) in [6, 6.07) is 26.5. The number of carboxylic acid groups (broad SMARTS) is 1. The van der Waals surface area contributed by atoms with Crippen LogP contribution in [0.25, 0.3) is 5.57 Å². The van der Waals surface area contributed by atoms with Crippen molar-refractivity contribution in [3.8, 4) is 5.75 Å². The molecule has 7 heteroatoms. The van der Waals surface area contributed by atoms with Crippen molar-refractivity contribution in [3.63, 3.8) is 0 Å². The molecule has 0 atom stereocenters. The Morgan fingerprint density at radius 3 is 2.37 bits per heavy atom. The number of carbonyl (C=O) groups is 2. The second-order valence-corrected chi connectivity index (χ2v) is 9.44. The number of nitrogens with one attached hydrogen (secondary N) is 1. The molecule has 6 nitrogen and oxygen atoms in total. The second kappa shape index (κ2) is 15.6. The standard InChI is InChI=1S/C30H33ClN2O2.CH2O2/c1-33(20-18-23-8-3-2-4-9-23)30(34)27-22-32-19-17-26(27)25-15-13-24(14-16-25)10-7-21-35-29-12-6-5-11-28(29)31;2-1-3/h2-6,8-9,11-16,32H,7,10,17-22H2,1H3;1H,(H,2,3). The molecule has 0 saturated heterocycles. The van der Waals surface area contributed by atoms with E-state index in [1.807, 2.05) is 54.4 Å². The molecule has 3 aromatic rings. The van der Waals surface area contributed by atoms with E-state index in [9.17, 15) is 4.79 Å². The molecule has 0 bridgehead atoms. The number of benzene rings is 3. The van der Waals surface area contributed by atoms with Crippen LogP contribution < -0.4 is 10.1 Å². The van der Waals surface area contributed by atoms with Crippen molar-refractivity contribution in [1.29, 1.82) is 0 Å². The SMILES string of the molecule is CN(CCc1ccccc1)C(=O)C1=C(c2ccc(CCCOc3ccccc3Cl)cc2)CCNC1.O=CO. The minimum Gasteiger partial charge on any atom is -0.492 e. The highest BCUT2D eigenvalue weighted by Crippen LogP contribution is 2.27. The van der Waals surface area contributed by atoms with Gasteiger partial charge in [0, 0.05) is 25.7 Å². The molecule has 1 amide bonds. The Bertz CT molecular complexity index is 1200. The Morgan fingerprint density at radius 1 is 1.00 bits per heavy atom. The Balaban J connectivity index is 0.00000127. The number of carbonyl (C=O) groups excluding carboxylic acids is 1. The fourth-order valence-corrected chi connectivity index (χ4v) is 4.56. The van der Waals surface area contributed by atoms with Gasteiger partial charge in [0.1, 0.15) is 5.75 Å². The van der Waals surface area contributed by atoms with E-state index in [1.165, 1.54) is 11.1 Å². The van der Waals surface area contributed by atoms with E-state index >= 15 is 0 Å². The van der Waals surface area contributed by atoms with Crippen molar-refractivity contribution >= 4 is 29.6 Å². The maximum absolute atomic E-state index is 13.3. The third kappa shape index (κ3) is 8.75. The molecule has 0 fully saturated rings. The van der Waals surface area contributed by atoms with Gasteiger partial charge in [0.25, 0.3) is 12.4 Å². The van der Waals surface area contributed by atoms with Gasteiger partial charge < -0.3 is 20.1 Å². The Labute approximate surface area is 229 Å². The van der Waals surface area contributed by atoms with Crippen molar-refractivity contribution in [1.82, 2.24) is 10.2 Å². The molecule has 2 N–H and O–H groups in total. The van der Waals surface area contributed by atoms with E-state index in [2.05, 4.69) is 41.7 Å². The molecule has 0 saturated carbocycles. The monoisotopic (exact) mass is 534 g/mol. The molecular weight excluding hydrogens is 500 g/mol. The summed E-state index contributed by atoms with van der Waals surface area (Å²) in [7, 11) is 1.90. The highest BCUT2D eigenvalue weighted by Gasteiger charge is 2.22. The Hall–Kier alpha value is -3.61. The van der Waals surface area contributed by atoms with Crippen LogP contribution in [0.2, 0.25) is 5.02 Å². The van der Waals surface area contributed by atoms with Crippen molar-refractivity contribution in [2.45, 2.75) is 25.7 Å². The number of amides is 1. The van der Waals surface area contributed by atoms with Crippen LogP contribution in [0.5, 0.6) is 5.75 Å². The van der Waals surface area contributed by atoms with Gasteiger partial charge in [-0.1, -0.05) is 78.3 Å². The molecule has 200 valence electrons. The lowest BCUT2D eigenvalue weighted by molar-refractivity contribution is -0.126. The smallest absolute Gasteiger partial charge is 0.290 e. The summed E-state index contributed by atoms with van der Waals surface area (Å²) in [5.41, 5.74) is 5.69. The third-order valence-electron chi connectivity index (χ3n) is 6.41. The predicted molar refractivity (Wildman–Crippen MR) is 153 cm³/mol. The van der Waals surface area contributed by atoms with Crippen LogP contribution in [-0.2, 0) is 22.4 Å². The molecule has 3 aromatic carbocycles. The van der Waals surface area contributed by atoms with E-state index < -0.39 is 0 Å². The molecule has 1 aliphatic heterocycles. The van der Waals surface area contributed by atoms with E-state index in [0.29, 0.717) is 24.7 Å². The van der Waals surface area contributed by atoms with E-state index in [4.69, 9.17) is 26.2 Å². The van der Waals surface area contributed by atoms with E-state index in [-0.39, 0.29) is 12.4 Å². The minimum absolute atomic E-state index is 0.115. The average molecular weight is 535 g/mol. The molecule has 0 radical (unpaired) electrons. The van der Waals surface area contributed by atoms with Gasteiger partial charge in [0.15, 0.2) is 0 Å². The maximum Gasteiger partial charge on any atom is 0.290 e. The highest BCUT2D eigenvalue weighted by atomic mass is 35.5. The summed E-state index contributed by atoms with van der Waals surface area (Å²) in [5, 5.41) is 10.9. The summed E-state index contributed by atoms with van der Waals surface area (Å²) >= 11 is 6.15. The lowest BCUT2D eigenvalue weighted by Gasteiger charge is -2.25. The minimum atomic E-state index is -0.250. The quantitative estimate of drug-likeness (QED) is 0.265. The molecule has 0 aromatic heterocycles. The highest BCUT2D eigenvalue weighted by molar-refractivity contribution is 6.32. The number of hydrogen-bond donors (Lipinski definition) is 2. The van der Waals surface area contributed by atoms with Crippen LogP contribution in [0.3, 0.4) is 0 Å². The number of aryl methyl sites for hydroxylation is 1. The summed E-state index contributed by atoms with van der Waals surface area (Å²) in [4.78, 5) is 23.5. The molecule has 38 heavy (non-hydrogen) atoms. The number of para-hydroxylation sites is 1. The van der Waals surface area contributed by atoms with Crippen LogP contribution >= 0.6 is 11.6 Å². The van der Waals surface area contributed by atoms with Crippen LogP contribution in [0.4, 0.5) is 0 Å². The molecule has 1 aliphatic rings. The first-order valence-electron chi connectivity index (χ1n) is 12.8. The second-order valence-electron chi connectivity index (χ2n) is 9.03. The topological polar surface area (TPSA) is 78.9 Å². The largest absolute Gasteiger partial charge is 0.492 e. The van der Waals surface area contributed by atoms with Gasteiger partial charge in [-0.15, -0.1) is 0 Å². The molecular formula is C31H35ClN2O4. The van der Waals surface area contributed by atoms with Gasteiger partial charge in [0.05, 0.1) is 11.6 Å². The first-order chi connectivity index (χ1) is 18.5. The zero-order valence-corrected chi connectivity index (χ0v) is 22.5. The first-order valence-corrected chi connectivity index (χ1v) is 13.2. The molecule has 0 aliphatic carbocycles. The van der Waals surface area contributed by atoms with Crippen molar-refractivity contribution < 1.29 is 19.4 Å². The van der Waals surface area contributed by atoms with Gasteiger partial charge in [0.2, 0.25) is 0 Å². The fraction of sp³-hybridized carbons (Fsp3) is 0.290. The summed E-state index contributed by atoms with van der Waals surface area (Å²) in [5.74, 6) is 0.845. The molecule has 1 heterocycles. The number of ether oxygens (including phenoxy) is 1. The molecule has 0 spiro atoms. The number of rotatable bonds is 10. The lowest BCUT2D eigenvalue weighted by atomic mass is 9.92. The Morgan fingerprint density at radius 2 is 1.66 bits per heavy atom. The van der Waals surface area contributed by atoms with Gasteiger partial charge in [-0.05, 0) is 66.6 Å². The van der Waals surface area contributed by atoms with Crippen molar-refractivity contribution in [3.05, 3.63) is 106 Å².